The molecule has 0 aromatic rings. The SMILES string of the molecule is CC1(OC(=O)CCl)CC=C([N+](=O)[O-])O1. The fraction of sp³-hybridized carbons (Fsp3) is 0.571. The van der Waals surface area contributed by atoms with Gasteiger partial charge in [0.15, 0.2) is 0 Å². The molecule has 0 bridgehead atoms. The fourth-order valence-corrected chi connectivity index (χ4v) is 1.07. The first-order valence-electron chi connectivity index (χ1n) is 3.78. The maximum atomic E-state index is 10.8. The highest BCUT2D eigenvalue weighted by molar-refractivity contribution is 6.26. The van der Waals surface area contributed by atoms with Crippen molar-refractivity contribution in [2.45, 2.75) is 19.1 Å². The lowest BCUT2D eigenvalue weighted by atomic mass is 10.2. The molecule has 1 unspecified atom stereocenters. The van der Waals surface area contributed by atoms with Gasteiger partial charge in [0.05, 0.1) is 6.42 Å². The summed E-state index contributed by atoms with van der Waals surface area (Å²) in [5.41, 5.74) is 0. The average Bonchev–Trinajstić information content (AvgIpc) is 2.47. The molecule has 1 aliphatic rings. The summed E-state index contributed by atoms with van der Waals surface area (Å²) >= 11 is 5.21. The number of carbonyl (C=O) groups excluding carboxylic acids is 1. The minimum absolute atomic E-state index is 0.145. The van der Waals surface area contributed by atoms with Crippen molar-refractivity contribution in [1.29, 1.82) is 0 Å². The van der Waals surface area contributed by atoms with E-state index in [2.05, 4.69) is 0 Å². The molecule has 0 radical (unpaired) electrons. The van der Waals surface area contributed by atoms with Crippen LogP contribution in [0.5, 0.6) is 0 Å². The lowest BCUT2D eigenvalue weighted by Crippen LogP contribution is -2.32. The summed E-state index contributed by atoms with van der Waals surface area (Å²) in [6.07, 6.45) is 1.40. The summed E-state index contributed by atoms with van der Waals surface area (Å²) in [7, 11) is 0. The smallest absolute Gasteiger partial charge is 0.421 e. The van der Waals surface area contributed by atoms with Gasteiger partial charge < -0.3 is 9.47 Å². The Kier molecular flexibility index (Phi) is 2.95. The van der Waals surface area contributed by atoms with Crippen LogP contribution in [-0.4, -0.2) is 22.6 Å². The molecule has 78 valence electrons. The Labute approximate surface area is 84.6 Å². The van der Waals surface area contributed by atoms with E-state index in [-0.39, 0.29) is 12.3 Å². The highest BCUT2D eigenvalue weighted by Crippen LogP contribution is 2.29. The molecule has 14 heavy (non-hydrogen) atoms. The molecular weight excluding hydrogens is 214 g/mol. The van der Waals surface area contributed by atoms with Crippen LogP contribution in [0.4, 0.5) is 0 Å². The van der Waals surface area contributed by atoms with E-state index in [1.165, 1.54) is 13.0 Å². The van der Waals surface area contributed by atoms with Crippen LogP contribution < -0.4 is 0 Å². The van der Waals surface area contributed by atoms with Gasteiger partial charge in [0.25, 0.3) is 5.79 Å². The molecule has 0 amide bonds. The third-order valence-corrected chi connectivity index (χ3v) is 1.80. The summed E-state index contributed by atoms with van der Waals surface area (Å²) < 4.78 is 9.62. The van der Waals surface area contributed by atoms with Crippen molar-refractivity contribution in [2.24, 2.45) is 0 Å². The third kappa shape index (κ3) is 2.35. The van der Waals surface area contributed by atoms with Crippen LogP contribution in [0, 0.1) is 10.1 Å². The number of esters is 1. The topological polar surface area (TPSA) is 78.7 Å². The highest BCUT2D eigenvalue weighted by Gasteiger charge is 2.40. The van der Waals surface area contributed by atoms with Crippen LogP contribution in [0.15, 0.2) is 12.0 Å². The van der Waals surface area contributed by atoms with Crippen LogP contribution >= 0.6 is 11.6 Å². The second-order valence-corrected chi connectivity index (χ2v) is 3.11. The molecule has 0 saturated heterocycles. The maximum Gasteiger partial charge on any atom is 0.427 e. The zero-order valence-electron chi connectivity index (χ0n) is 7.36. The number of alkyl halides is 1. The molecule has 0 aliphatic carbocycles. The van der Waals surface area contributed by atoms with E-state index in [1.807, 2.05) is 0 Å². The number of hydrogen-bond acceptors (Lipinski definition) is 5. The lowest BCUT2D eigenvalue weighted by molar-refractivity contribution is -0.473. The number of nitrogens with zero attached hydrogens (tertiary/aromatic N) is 1. The highest BCUT2D eigenvalue weighted by atomic mass is 35.5. The van der Waals surface area contributed by atoms with E-state index in [0.29, 0.717) is 0 Å². The Morgan fingerprint density at radius 1 is 1.93 bits per heavy atom. The molecule has 0 saturated carbocycles. The lowest BCUT2D eigenvalue weighted by Gasteiger charge is -2.22. The van der Waals surface area contributed by atoms with Gasteiger partial charge in [-0.15, -0.1) is 11.6 Å². The number of ether oxygens (including phenoxy) is 2. The van der Waals surface area contributed by atoms with Gasteiger partial charge in [0, 0.05) is 13.0 Å². The summed E-state index contributed by atoms with van der Waals surface area (Å²) in [6, 6.07) is 0. The maximum absolute atomic E-state index is 10.8. The van der Waals surface area contributed by atoms with Crippen molar-refractivity contribution in [1.82, 2.24) is 0 Å². The van der Waals surface area contributed by atoms with E-state index < -0.39 is 22.6 Å². The predicted molar refractivity (Wildman–Crippen MR) is 46.0 cm³/mol. The van der Waals surface area contributed by atoms with Crippen molar-refractivity contribution >= 4 is 17.6 Å². The van der Waals surface area contributed by atoms with E-state index >= 15 is 0 Å². The van der Waals surface area contributed by atoms with Gasteiger partial charge in [-0.2, -0.15) is 0 Å². The van der Waals surface area contributed by atoms with Crippen LogP contribution in [0.3, 0.4) is 0 Å². The Morgan fingerprint density at radius 3 is 3.00 bits per heavy atom. The summed E-state index contributed by atoms with van der Waals surface area (Å²) in [5, 5.41) is 10.3. The number of halogens is 1. The van der Waals surface area contributed by atoms with Crippen LogP contribution in [-0.2, 0) is 14.3 Å². The molecule has 1 heterocycles. The van der Waals surface area contributed by atoms with Gasteiger partial charge in [0.2, 0.25) is 0 Å². The van der Waals surface area contributed by atoms with E-state index in [1.54, 1.807) is 0 Å². The zero-order valence-corrected chi connectivity index (χ0v) is 8.11. The van der Waals surface area contributed by atoms with Crippen LogP contribution in [0.25, 0.3) is 0 Å². The normalized spacial score (nSPS) is 25.1. The van der Waals surface area contributed by atoms with Gasteiger partial charge in [-0.05, 0) is 0 Å². The van der Waals surface area contributed by atoms with E-state index in [9.17, 15) is 14.9 Å². The molecule has 0 aromatic carbocycles. The van der Waals surface area contributed by atoms with E-state index in [0.717, 1.165) is 0 Å². The Hall–Kier alpha value is -1.30. The Morgan fingerprint density at radius 2 is 2.57 bits per heavy atom. The molecular formula is C7H8ClNO5. The second kappa shape index (κ2) is 3.83. The number of nitro groups is 1. The molecule has 0 N–H and O–H groups in total. The third-order valence-electron chi connectivity index (χ3n) is 1.59. The minimum atomic E-state index is -1.30. The number of rotatable bonds is 3. The van der Waals surface area contributed by atoms with Gasteiger partial charge >= 0.3 is 11.9 Å². The first kappa shape index (κ1) is 10.8. The van der Waals surface area contributed by atoms with Crippen molar-refractivity contribution < 1.29 is 19.2 Å². The number of hydrogen-bond donors (Lipinski definition) is 0. The molecule has 1 aliphatic heterocycles. The quantitative estimate of drug-likeness (QED) is 0.308. The molecule has 6 nitrogen and oxygen atoms in total. The minimum Gasteiger partial charge on any atom is -0.421 e. The predicted octanol–water partition coefficient (Wildman–Crippen LogP) is 1.02. The molecule has 0 fully saturated rings. The molecule has 7 heteroatoms. The van der Waals surface area contributed by atoms with Gasteiger partial charge in [-0.3, -0.25) is 14.9 Å². The average molecular weight is 222 g/mol. The zero-order chi connectivity index (χ0) is 10.8. The van der Waals surface area contributed by atoms with Crippen molar-refractivity contribution in [2.75, 3.05) is 5.88 Å². The standard InChI is InChI=1S/C7H8ClNO5/c1-7(14-6(10)4-8)3-2-5(13-7)9(11)12/h2H,3-4H2,1H3. The molecule has 1 rings (SSSR count). The van der Waals surface area contributed by atoms with Gasteiger partial charge in [-0.25, -0.2) is 0 Å². The summed E-state index contributed by atoms with van der Waals surface area (Å²) in [5.74, 6) is -2.69. The Balaban J connectivity index is 2.57. The van der Waals surface area contributed by atoms with Crippen molar-refractivity contribution in [3.8, 4) is 0 Å². The van der Waals surface area contributed by atoms with Gasteiger partial charge in [0.1, 0.15) is 10.8 Å². The van der Waals surface area contributed by atoms with Crippen LogP contribution in [0.2, 0.25) is 0 Å². The second-order valence-electron chi connectivity index (χ2n) is 2.85. The molecule has 0 spiro atoms. The van der Waals surface area contributed by atoms with Crippen molar-refractivity contribution in [3.63, 3.8) is 0 Å². The summed E-state index contributed by atoms with van der Waals surface area (Å²) in [6.45, 7) is 1.43. The van der Waals surface area contributed by atoms with Crippen LogP contribution in [0.1, 0.15) is 13.3 Å². The summed E-state index contributed by atoms with van der Waals surface area (Å²) in [4.78, 5) is 20.4. The first-order valence-corrected chi connectivity index (χ1v) is 4.32. The molecule has 1 atom stereocenters. The van der Waals surface area contributed by atoms with Gasteiger partial charge in [-0.1, -0.05) is 0 Å². The van der Waals surface area contributed by atoms with E-state index in [4.69, 9.17) is 21.1 Å². The number of carbonyl (C=O) groups is 1. The van der Waals surface area contributed by atoms with Crippen molar-refractivity contribution in [3.05, 3.63) is 22.1 Å². The largest absolute Gasteiger partial charge is 0.427 e. The monoisotopic (exact) mass is 221 g/mol. The Bertz CT molecular complexity index is 302. The molecule has 0 aromatic heterocycles. The first-order chi connectivity index (χ1) is 6.47. The fourth-order valence-electron chi connectivity index (χ4n) is 1.02.